The van der Waals surface area contributed by atoms with Crippen LogP contribution in [0.1, 0.15) is 17.3 Å². The Morgan fingerprint density at radius 1 is 1.30 bits per heavy atom. The number of carbonyl (C=O) groups is 2. The highest BCUT2D eigenvalue weighted by molar-refractivity contribution is 5.95. The second kappa shape index (κ2) is 5.81. The number of nitrogens with two attached hydrogens (primary N) is 1. The number of nitrogens with zero attached hydrogens (tertiary/aromatic N) is 4. The fourth-order valence-electron chi connectivity index (χ4n) is 2.51. The highest BCUT2D eigenvalue weighted by Gasteiger charge is 2.39. The summed E-state index contributed by atoms with van der Waals surface area (Å²) in [6, 6.07) is 7.12. The summed E-state index contributed by atoms with van der Waals surface area (Å²) in [4.78, 5) is 25.8. The van der Waals surface area contributed by atoms with Crippen LogP contribution in [0.5, 0.6) is 0 Å². The summed E-state index contributed by atoms with van der Waals surface area (Å²) >= 11 is 0. The first-order valence-corrected chi connectivity index (χ1v) is 7.18. The van der Waals surface area contributed by atoms with Gasteiger partial charge in [0.05, 0.1) is 13.2 Å². The lowest BCUT2D eigenvalue weighted by Crippen LogP contribution is -2.58. The number of amides is 2. The van der Waals surface area contributed by atoms with Crippen molar-refractivity contribution in [2.45, 2.75) is 12.5 Å². The quantitative estimate of drug-likeness (QED) is 0.857. The van der Waals surface area contributed by atoms with E-state index in [1.165, 1.54) is 0 Å². The lowest BCUT2D eigenvalue weighted by atomic mass is 10.0. The second-order valence-corrected chi connectivity index (χ2v) is 5.59. The van der Waals surface area contributed by atoms with Gasteiger partial charge in [0.15, 0.2) is 5.60 Å². The van der Waals surface area contributed by atoms with Gasteiger partial charge in [0.25, 0.3) is 11.8 Å². The maximum Gasteiger partial charge on any atom is 0.254 e. The number of ether oxygens (including phenoxy) is 1. The van der Waals surface area contributed by atoms with Crippen molar-refractivity contribution in [3.8, 4) is 5.69 Å². The van der Waals surface area contributed by atoms with Gasteiger partial charge in [-0.05, 0) is 25.1 Å². The SMILES string of the molecule is C[C@@]1(C(N)=O)CN(C(=O)c2cccc(-n3cnnc3)c2)CCO1. The Morgan fingerprint density at radius 2 is 2.04 bits per heavy atom. The summed E-state index contributed by atoms with van der Waals surface area (Å²) in [7, 11) is 0. The fourth-order valence-corrected chi connectivity index (χ4v) is 2.51. The van der Waals surface area contributed by atoms with Crippen molar-refractivity contribution in [2.24, 2.45) is 5.73 Å². The molecule has 0 radical (unpaired) electrons. The molecule has 2 amide bonds. The van der Waals surface area contributed by atoms with Crippen molar-refractivity contribution in [1.29, 1.82) is 0 Å². The molecule has 0 spiro atoms. The first kappa shape index (κ1) is 15.2. The summed E-state index contributed by atoms with van der Waals surface area (Å²) in [5.41, 5.74) is 5.52. The first-order chi connectivity index (χ1) is 11.0. The number of hydrogen-bond acceptors (Lipinski definition) is 5. The monoisotopic (exact) mass is 315 g/mol. The lowest BCUT2D eigenvalue weighted by molar-refractivity contribution is -0.150. The van der Waals surface area contributed by atoms with Gasteiger partial charge in [0.1, 0.15) is 12.7 Å². The van der Waals surface area contributed by atoms with E-state index < -0.39 is 11.5 Å². The van der Waals surface area contributed by atoms with Crippen molar-refractivity contribution in [2.75, 3.05) is 19.7 Å². The molecule has 0 bridgehead atoms. The zero-order chi connectivity index (χ0) is 16.4. The van der Waals surface area contributed by atoms with Crippen LogP contribution in [0.2, 0.25) is 0 Å². The third-order valence-electron chi connectivity index (χ3n) is 3.89. The maximum absolute atomic E-state index is 12.7. The zero-order valence-electron chi connectivity index (χ0n) is 12.7. The molecule has 8 heteroatoms. The van der Waals surface area contributed by atoms with Gasteiger partial charge in [-0.1, -0.05) is 6.07 Å². The number of aromatic nitrogens is 3. The van der Waals surface area contributed by atoms with Gasteiger partial charge in [0, 0.05) is 17.8 Å². The van der Waals surface area contributed by atoms with Crippen LogP contribution in [0.3, 0.4) is 0 Å². The van der Waals surface area contributed by atoms with Gasteiger partial charge >= 0.3 is 0 Å². The van der Waals surface area contributed by atoms with E-state index >= 15 is 0 Å². The Hall–Kier alpha value is -2.74. The molecule has 0 unspecified atom stereocenters. The Kier molecular flexibility index (Phi) is 3.83. The minimum absolute atomic E-state index is 0.137. The van der Waals surface area contributed by atoms with Crippen LogP contribution in [-0.2, 0) is 9.53 Å². The van der Waals surface area contributed by atoms with Gasteiger partial charge in [-0.25, -0.2) is 0 Å². The van der Waals surface area contributed by atoms with Crippen molar-refractivity contribution in [3.63, 3.8) is 0 Å². The molecular formula is C15H17N5O3. The molecule has 1 fully saturated rings. The van der Waals surface area contributed by atoms with Gasteiger partial charge in [-0.3, -0.25) is 14.2 Å². The highest BCUT2D eigenvalue weighted by atomic mass is 16.5. The number of morpholine rings is 1. The number of rotatable bonds is 3. The summed E-state index contributed by atoms with van der Waals surface area (Å²) in [6.07, 6.45) is 3.12. The van der Waals surface area contributed by atoms with Gasteiger partial charge in [-0.2, -0.15) is 0 Å². The zero-order valence-corrected chi connectivity index (χ0v) is 12.7. The number of carbonyl (C=O) groups excluding carboxylic acids is 2. The number of benzene rings is 1. The highest BCUT2D eigenvalue weighted by Crippen LogP contribution is 2.20. The van der Waals surface area contributed by atoms with E-state index in [2.05, 4.69) is 10.2 Å². The normalized spacial score (nSPS) is 21.2. The van der Waals surface area contributed by atoms with Crippen LogP contribution in [0.15, 0.2) is 36.9 Å². The summed E-state index contributed by atoms with van der Waals surface area (Å²) < 4.78 is 7.15. The molecule has 1 saturated heterocycles. The third-order valence-corrected chi connectivity index (χ3v) is 3.89. The molecule has 8 nitrogen and oxygen atoms in total. The molecule has 1 aliphatic heterocycles. The standard InChI is InChI=1S/C15H17N5O3/c1-15(14(16)22)8-19(5-6-23-15)13(21)11-3-2-4-12(7-11)20-9-17-18-10-20/h2-4,7,9-10H,5-6,8H2,1H3,(H2,16,22)/t15-/m0/s1. The average molecular weight is 315 g/mol. The molecule has 1 aromatic carbocycles. The van der Waals surface area contributed by atoms with E-state index in [4.69, 9.17) is 10.5 Å². The van der Waals surface area contributed by atoms with E-state index in [0.29, 0.717) is 12.1 Å². The first-order valence-electron chi connectivity index (χ1n) is 7.18. The molecule has 1 atom stereocenters. The molecule has 0 aliphatic carbocycles. The van der Waals surface area contributed by atoms with Crippen LogP contribution >= 0.6 is 0 Å². The summed E-state index contributed by atoms with van der Waals surface area (Å²) in [5.74, 6) is -0.746. The summed E-state index contributed by atoms with van der Waals surface area (Å²) in [6.45, 7) is 2.43. The minimum Gasteiger partial charge on any atom is -0.367 e. The van der Waals surface area contributed by atoms with E-state index in [-0.39, 0.29) is 19.1 Å². The van der Waals surface area contributed by atoms with Crippen LogP contribution in [0.25, 0.3) is 5.69 Å². The Morgan fingerprint density at radius 3 is 2.74 bits per heavy atom. The molecule has 1 aliphatic rings. The Labute approximate surface area is 132 Å². The van der Waals surface area contributed by atoms with Crippen LogP contribution < -0.4 is 5.73 Å². The number of hydrogen-bond donors (Lipinski definition) is 1. The molecule has 2 aromatic rings. The number of primary amides is 1. The molecule has 120 valence electrons. The molecular weight excluding hydrogens is 298 g/mol. The third kappa shape index (κ3) is 2.93. The van der Waals surface area contributed by atoms with E-state index in [9.17, 15) is 9.59 Å². The van der Waals surface area contributed by atoms with Gasteiger partial charge in [0.2, 0.25) is 0 Å². The van der Waals surface area contributed by atoms with Crippen molar-refractivity contribution in [1.82, 2.24) is 19.7 Å². The molecule has 1 aromatic heterocycles. The molecule has 23 heavy (non-hydrogen) atoms. The van der Waals surface area contributed by atoms with Crippen molar-refractivity contribution in [3.05, 3.63) is 42.5 Å². The largest absolute Gasteiger partial charge is 0.367 e. The predicted octanol–water partition coefficient (Wildman–Crippen LogP) is -0.0163. The molecule has 0 saturated carbocycles. The van der Waals surface area contributed by atoms with Crippen LogP contribution in [0, 0.1) is 0 Å². The smallest absolute Gasteiger partial charge is 0.254 e. The molecule has 3 rings (SSSR count). The fraction of sp³-hybridized carbons (Fsp3) is 0.333. The minimum atomic E-state index is -1.15. The van der Waals surface area contributed by atoms with Gasteiger partial charge in [-0.15, -0.1) is 10.2 Å². The Bertz CT molecular complexity index is 730. The van der Waals surface area contributed by atoms with E-state index in [0.717, 1.165) is 5.69 Å². The van der Waals surface area contributed by atoms with Crippen LogP contribution in [0.4, 0.5) is 0 Å². The topological polar surface area (TPSA) is 103 Å². The van der Waals surface area contributed by atoms with Crippen molar-refractivity contribution < 1.29 is 14.3 Å². The van der Waals surface area contributed by atoms with Crippen LogP contribution in [-0.4, -0.2) is 56.8 Å². The second-order valence-electron chi connectivity index (χ2n) is 5.59. The van der Waals surface area contributed by atoms with E-state index in [1.807, 2.05) is 6.07 Å². The Balaban J connectivity index is 1.83. The average Bonchev–Trinajstić information content (AvgIpc) is 3.09. The lowest BCUT2D eigenvalue weighted by Gasteiger charge is -2.38. The molecule has 2 N–H and O–H groups in total. The maximum atomic E-state index is 12.7. The van der Waals surface area contributed by atoms with Crippen molar-refractivity contribution >= 4 is 11.8 Å². The summed E-state index contributed by atoms with van der Waals surface area (Å²) in [5, 5.41) is 7.50. The molecule has 2 heterocycles. The predicted molar refractivity (Wildman–Crippen MR) is 80.8 cm³/mol. The van der Waals surface area contributed by atoms with E-state index in [1.54, 1.807) is 47.2 Å². The van der Waals surface area contributed by atoms with Gasteiger partial charge < -0.3 is 15.4 Å².